The number of sulfonamides is 1. The zero-order chi connectivity index (χ0) is 27.4. The highest BCUT2D eigenvalue weighted by atomic mass is 32.2. The number of rotatable bonds is 12. The lowest BCUT2D eigenvalue weighted by Gasteiger charge is -2.31. The van der Waals surface area contributed by atoms with Crippen LogP contribution in [0.2, 0.25) is 0 Å². The Balaban J connectivity index is 1.69. The van der Waals surface area contributed by atoms with Crippen LogP contribution in [0.3, 0.4) is 0 Å². The highest BCUT2D eigenvalue weighted by Crippen LogP contribution is 2.37. The van der Waals surface area contributed by atoms with Gasteiger partial charge in [-0.2, -0.15) is 9.97 Å². The van der Waals surface area contributed by atoms with Crippen LogP contribution in [-0.2, 0) is 10.0 Å². The topological polar surface area (TPSA) is 226 Å². The summed E-state index contributed by atoms with van der Waals surface area (Å²) in [6.45, 7) is -0.186. The second kappa shape index (κ2) is 11.1. The molecule has 0 fully saturated rings. The molecule has 4 aromatic heterocycles. The molecule has 0 saturated heterocycles. The number of aliphatic hydroxyl groups excluding tert-OH is 2. The minimum Gasteiger partial charge on any atom is -0.395 e. The summed E-state index contributed by atoms with van der Waals surface area (Å²) < 4.78 is 26.5. The van der Waals surface area contributed by atoms with Crippen molar-refractivity contribution in [3.05, 3.63) is 43.2 Å². The number of H-pyrrole nitrogens is 2. The van der Waals surface area contributed by atoms with Crippen molar-refractivity contribution in [2.75, 3.05) is 47.3 Å². The SMILES string of the molecule is CS(=O)(=O)Nc1ccc(N(NCCO)c2ncc3[nH]cnc3n2)c(N(NCCO)c2ncc3[nH]cnc3n2)c1. The Morgan fingerprint density at radius 2 is 1.36 bits per heavy atom. The number of nitrogens with zero attached hydrogens (tertiary/aromatic N) is 8. The molecule has 7 N–H and O–H groups in total. The van der Waals surface area contributed by atoms with E-state index in [0.29, 0.717) is 33.7 Å². The molecule has 0 unspecified atom stereocenters. The third kappa shape index (κ3) is 5.84. The lowest BCUT2D eigenvalue weighted by Crippen LogP contribution is -2.41. The fourth-order valence-electron chi connectivity index (χ4n) is 3.69. The molecule has 0 aliphatic carbocycles. The van der Waals surface area contributed by atoms with E-state index in [4.69, 9.17) is 0 Å². The Hall–Kier alpha value is -4.49. The number of fused-ring (bicyclic) bond motifs is 2. The first kappa shape index (κ1) is 26.1. The maximum Gasteiger partial charge on any atom is 0.247 e. The molecule has 39 heavy (non-hydrogen) atoms. The average molecular weight is 556 g/mol. The van der Waals surface area contributed by atoms with Gasteiger partial charge in [0, 0.05) is 13.1 Å². The lowest BCUT2D eigenvalue weighted by molar-refractivity contribution is 0.291. The third-order valence-electron chi connectivity index (χ3n) is 5.25. The highest BCUT2D eigenvalue weighted by molar-refractivity contribution is 7.92. The predicted octanol–water partition coefficient (Wildman–Crippen LogP) is -0.339. The van der Waals surface area contributed by atoms with Gasteiger partial charge >= 0.3 is 0 Å². The number of benzene rings is 1. The molecule has 0 amide bonds. The van der Waals surface area contributed by atoms with Gasteiger partial charge in [-0.3, -0.25) is 4.72 Å². The van der Waals surface area contributed by atoms with Crippen molar-refractivity contribution in [1.29, 1.82) is 0 Å². The van der Waals surface area contributed by atoms with E-state index in [2.05, 4.69) is 55.4 Å². The number of aromatic amines is 2. The van der Waals surface area contributed by atoms with Crippen LogP contribution < -0.4 is 25.6 Å². The number of hydrogen-bond acceptors (Lipinski definition) is 14. The highest BCUT2D eigenvalue weighted by Gasteiger charge is 2.24. The fraction of sp³-hybridized carbons (Fsp3) is 0.238. The van der Waals surface area contributed by atoms with E-state index in [1.165, 1.54) is 22.7 Å². The van der Waals surface area contributed by atoms with Gasteiger partial charge in [0.25, 0.3) is 0 Å². The van der Waals surface area contributed by atoms with Gasteiger partial charge in [0.2, 0.25) is 21.9 Å². The monoisotopic (exact) mass is 555 g/mol. The molecule has 0 bridgehead atoms. The zero-order valence-electron chi connectivity index (χ0n) is 20.6. The Morgan fingerprint density at radius 3 is 1.87 bits per heavy atom. The van der Waals surface area contributed by atoms with Gasteiger partial charge in [0.05, 0.1) is 61.6 Å². The molecular formula is C21H25N13O4S. The zero-order valence-corrected chi connectivity index (χ0v) is 21.4. The number of nitrogens with one attached hydrogen (secondary N) is 5. The van der Waals surface area contributed by atoms with Crippen molar-refractivity contribution in [3.63, 3.8) is 0 Å². The molecule has 0 aliphatic rings. The van der Waals surface area contributed by atoms with Crippen LogP contribution in [0, 0.1) is 0 Å². The molecule has 0 saturated carbocycles. The second-order valence-corrected chi connectivity index (χ2v) is 9.88. The van der Waals surface area contributed by atoms with Crippen LogP contribution in [0.5, 0.6) is 0 Å². The molecule has 0 radical (unpaired) electrons. The van der Waals surface area contributed by atoms with E-state index in [9.17, 15) is 18.6 Å². The van der Waals surface area contributed by atoms with E-state index >= 15 is 0 Å². The summed E-state index contributed by atoms with van der Waals surface area (Å²) in [5.74, 6) is 0.352. The number of anilines is 5. The van der Waals surface area contributed by atoms with Crippen LogP contribution in [0.4, 0.5) is 29.0 Å². The van der Waals surface area contributed by atoms with E-state index in [1.807, 2.05) is 0 Å². The first-order valence-corrected chi connectivity index (χ1v) is 13.5. The van der Waals surface area contributed by atoms with Gasteiger partial charge in [-0.15, -0.1) is 0 Å². The van der Waals surface area contributed by atoms with Crippen LogP contribution in [0.25, 0.3) is 22.3 Å². The molecule has 17 nitrogen and oxygen atoms in total. The number of hydrazine groups is 2. The van der Waals surface area contributed by atoms with Crippen LogP contribution in [0.15, 0.2) is 43.2 Å². The minimum absolute atomic E-state index is 0.102. The van der Waals surface area contributed by atoms with Gasteiger partial charge in [-0.25, -0.2) is 49.2 Å². The molecule has 4 heterocycles. The smallest absolute Gasteiger partial charge is 0.247 e. The van der Waals surface area contributed by atoms with Crippen molar-refractivity contribution in [2.24, 2.45) is 0 Å². The summed E-state index contributed by atoms with van der Waals surface area (Å²) in [6, 6.07) is 4.74. The van der Waals surface area contributed by atoms with Gasteiger partial charge < -0.3 is 20.2 Å². The van der Waals surface area contributed by atoms with Crippen LogP contribution in [-0.4, -0.2) is 91.1 Å². The standard InChI is InChI=1S/C21H25N13O4S/c1-39(37,38)32-13-2-3-16(33(28-4-6-35)20-22-9-14-18(30-20)26-11-24-14)17(8-13)34(29-5-7-36)21-23-10-15-19(31-21)27-12-25-15/h2-3,8-12,28-29,32,35-36H,4-7H2,1H3,(H,22,24,26,30)(H,23,25,27,31). The largest absolute Gasteiger partial charge is 0.395 e. The van der Waals surface area contributed by atoms with Gasteiger partial charge in [-0.1, -0.05) is 0 Å². The summed E-state index contributed by atoms with van der Waals surface area (Å²) in [5, 5.41) is 22.2. The molecular weight excluding hydrogens is 530 g/mol. The average Bonchev–Trinajstić information content (AvgIpc) is 3.58. The number of aromatic nitrogens is 8. The maximum absolute atomic E-state index is 12.0. The first-order chi connectivity index (χ1) is 18.9. The summed E-state index contributed by atoms with van der Waals surface area (Å²) in [6.07, 6.45) is 7.13. The third-order valence-corrected chi connectivity index (χ3v) is 5.86. The van der Waals surface area contributed by atoms with E-state index < -0.39 is 10.0 Å². The number of imidazole rings is 2. The van der Waals surface area contributed by atoms with E-state index in [0.717, 1.165) is 6.26 Å². The molecule has 1 aromatic carbocycles. The summed E-state index contributed by atoms with van der Waals surface area (Å²) in [4.78, 5) is 32.1. The molecule has 0 aliphatic heterocycles. The van der Waals surface area contributed by atoms with Crippen molar-refractivity contribution in [3.8, 4) is 0 Å². The van der Waals surface area contributed by atoms with Crippen LogP contribution >= 0.6 is 0 Å². The second-order valence-electron chi connectivity index (χ2n) is 8.13. The quantitative estimate of drug-likeness (QED) is 0.0978. The van der Waals surface area contributed by atoms with E-state index in [-0.39, 0.29) is 43.9 Å². The molecule has 0 atom stereocenters. The molecule has 18 heteroatoms. The van der Waals surface area contributed by atoms with Gasteiger partial charge in [0.1, 0.15) is 11.0 Å². The Labute approximate surface area is 221 Å². The van der Waals surface area contributed by atoms with E-state index in [1.54, 1.807) is 30.6 Å². The number of hydrogen-bond donors (Lipinski definition) is 7. The minimum atomic E-state index is -3.61. The van der Waals surface area contributed by atoms with Gasteiger partial charge in [-0.05, 0) is 18.2 Å². The molecule has 5 rings (SSSR count). The molecule has 0 spiro atoms. The Kier molecular flexibility index (Phi) is 7.43. The summed E-state index contributed by atoms with van der Waals surface area (Å²) in [7, 11) is -3.61. The summed E-state index contributed by atoms with van der Waals surface area (Å²) >= 11 is 0. The van der Waals surface area contributed by atoms with Crippen molar-refractivity contribution >= 4 is 61.3 Å². The fourth-order valence-corrected chi connectivity index (χ4v) is 4.24. The summed E-state index contributed by atoms with van der Waals surface area (Å²) in [5.41, 5.74) is 9.20. The first-order valence-electron chi connectivity index (χ1n) is 11.6. The van der Waals surface area contributed by atoms with Crippen molar-refractivity contribution in [1.82, 2.24) is 50.7 Å². The van der Waals surface area contributed by atoms with Crippen molar-refractivity contribution in [2.45, 2.75) is 0 Å². The number of aliphatic hydroxyl groups is 2. The predicted molar refractivity (Wildman–Crippen MR) is 143 cm³/mol. The Morgan fingerprint density at radius 1 is 0.821 bits per heavy atom. The van der Waals surface area contributed by atoms with Crippen LogP contribution in [0.1, 0.15) is 0 Å². The van der Waals surface area contributed by atoms with Gasteiger partial charge in [0.15, 0.2) is 11.3 Å². The lowest BCUT2D eigenvalue weighted by atomic mass is 10.2. The maximum atomic E-state index is 12.0. The molecule has 5 aromatic rings. The molecule has 204 valence electrons. The Bertz CT molecular complexity index is 1690. The van der Waals surface area contributed by atoms with Crippen molar-refractivity contribution < 1.29 is 18.6 Å². The normalized spacial score (nSPS) is 11.8.